The number of carbonyl (C=O) groups excluding carboxylic acids is 2. The SMILES string of the molecule is CCCCOc1nc(N)c2[nH]c(=O)n(CCC3CCN(CC(=O)N(C)CCOc4cccc(CC(=O)OC)c4)CC3)c2n1. The van der Waals surface area contributed by atoms with Crippen molar-refractivity contribution in [1.82, 2.24) is 29.3 Å². The van der Waals surface area contributed by atoms with E-state index >= 15 is 0 Å². The molecule has 0 atom stereocenters. The number of ether oxygens (including phenoxy) is 3. The number of nitrogens with one attached hydrogen (secondary N) is 1. The van der Waals surface area contributed by atoms with Crippen molar-refractivity contribution in [2.75, 3.05) is 59.3 Å². The number of unbranched alkanes of at least 4 members (excludes halogenated alkanes) is 1. The molecule has 0 bridgehead atoms. The molecule has 1 aliphatic heterocycles. The Morgan fingerprint density at radius 2 is 1.95 bits per heavy atom. The lowest BCUT2D eigenvalue weighted by Crippen LogP contribution is -2.43. The molecule has 0 saturated carbocycles. The van der Waals surface area contributed by atoms with Crippen molar-refractivity contribution < 1.29 is 23.8 Å². The summed E-state index contributed by atoms with van der Waals surface area (Å²) in [6.45, 7) is 5.88. The average molecular weight is 598 g/mol. The number of esters is 1. The average Bonchev–Trinajstić information content (AvgIpc) is 3.32. The summed E-state index contributed by atoms with van der Waals surface area (Å²) in [5.41, 5.74) is 7.52. The van der Waals surface area contributed by atoms with Gasteiger partial charge in [-0.15, -0.1) is 0 Å². The van der Waals surface area contributed by atoms with Crippen molar-refractivity contribution >= 4 is 28.9 Å². The number of likely N-dealkylation sites (N-methyl/N-ethyl adjacent to an activating group) is 1. The summed E-state index contributed by atoms with van der Waals surface area (Å²) in [5, 5.41) is 0. The van der Waals surface area contributed by atoms with Gasteiger partial charge in [-0.3, -0.25) is 19.1 Å². The van der Waals surface area contributed by atoms with Gasteiger partial charge in [0.1, 0.15) is 17.9 Å². The second kappa shape index (κ2) is 15.4. The number of piperidine rings is 1. The van der Waals surface area contributed by atoms with Gasteiger partial charge in [-0.1, -0.05) is 25.5 Å². The summed E-state index contributed by atoms with van der Waals surface area (Å²) in [7, 11) is 3.14. The van der Waals surface area contributed by atoms with Gasteiger partial charge in [0.05, 0.1) is 33.2 Å². The van der Waals surface area contributed by atoms with E-state index in [1.807, 2.05) is 18.2 Å². The van der Waals surface area contributed by atoms with Gasteiger partial charge in [-0.05, 0) is 62.4 Å². The Labute approximate surface area is 251 Å². The molecule has 1 amide bonds. The van der Waals surface area contributed by atoms with Crippen LogP contribution < -0.4 is 20.9 Å². The first-order valence-corrected chi connectivity index (χ1v) is 14.9. The molecule has 1 aromatic carbocycles. The molecular formula is C30H43N7O6. The first-order valence-electron chi connectivity index (χ1n) is 14.9. The van der Waals surface area contributed by atoms with Crippen LogP contribution in [0.15, 0.2) is 29.1 Å². The molecule has 0 radical (unpaired) electrons. The molecule has 13 nitrogen and oxygen atoms in total. The highest BCUT2D eigenvalue weighted by molar-refractivity contribution is 5.81. The van der Waals surface area contributed by atoms with Crippen molar-refractivity contribution in [2.24, 2.45) is 5.92 Å². The van der Waals surface area contributed by atoms with Gasteiger partial charge >= 0.3 is 17.7 Å². The zero-order chi connectivity index (χ0) is 30.8. The van der Waals surface area contributed by atoms with Crippen LogP contribution in [-0.4, -0.2) is 94.7 Å². The second-order valence-electron chi connectivity index (χ2n) is 10.9. The first kappa shape index (κ1) is 31.8. The van der Waals surface area contributed by atoms with Gasteiger partial charge in [0.25, 0.3) is 0 Å². The van der Waals surface area contributed by atoms with Gasteiger partial charge in [0, 0.05) is 13.6 Å². The molecule has 0 aliphatic carbocycles. The van der Waals surface area contributed by atoms with Crippen LogP contribution in [0.3, 0.4) is 0 Å². The Hall–Kier alpha value is -4.13. The minimum Gasteiger partial charge on any atom is -0.492 e. The molecule has 2 aromatic heterocycles. The number of fused-ring (bicyclic) bond motifs is 1. The Morgan fingerprint density at radius 3 is 2.70 bits per heavy atom. The number of aromatic nitrogens is 4. The Kier molecular flexibility index (Phi) is 11.4. The van der Waals surface area contributed by atoms with Crippen molar-refractivity contribution in [3.63, 3.8) is 0 Å². The molecule has 3 aromatic rings. The van der Waals surface area contributed by atoms with Crippen LogP contribution in [0.4, 0.5) is 5.82 Å². The van der Waals surface area contributed by atoms with Crippen LogP contribution in [0.1, 0.15) is 44.6 Å². The van der Waals surface area contributed by atoms with Gasteiger partial charge < -0.3 is 29.8 Å². The van der Waals surface area contributed by atoms with E-state index in [0.29, 0.717) is 55.7 Å². The number of aryl methyl sites for hydroxylation is 1. The molecule has 3 heterocycles. The maximum Gasteiger partial charge on any atom is 0.327 e. The summed E-state index contributed by atoms with van der Waals surface area (Å²) in [4.78, 5) is 52.3. The highest BCUT2D eigenvalue weighted by atomic mass is 16.5. The molecule has 0 unspecified atom stereocenters. The van der Waals surface area contributed by atoms with E-state index in [1.165, 1.54) is 7.11 Å². The smallest absolute Gasteiger partial charge is 0.327 e. The van der Waals surface area contributed by atoms with Crippen LogP contribution in [0.25, 0.3) is 11.2 Å². The number of benzene rings is 1. The van der Waals surface area contributed by atoms with Crippen LogP contribution >= 0.6 is 0 Å². The number of nitrogens with two attached hydrogens (primary N) is 1. The molecule has 0 spiro atoms. The normalized spacial score (nSPS) is 14.1. The van der Waals surface area contributed by atoms with Gasteiger partial charge in [-0.2, -0.15) is 9.97 Å². The second-order valence-corrected chi connectivity index (χ2v) is 10.9. The Bertz CT molecular complexity index is 1430. The molecule has 3 N–H and O–H groups in total. The fourth-order valence-electron chi connectivity index (χ4n) is 5.08. The van der Waals surface area contributed by atoms with E-state index in [9.17, 15) is 14.4 Å². The highest BCUT2D eigenvalue weighted by Gasteiger charge is 2.23. The number of likely N-dealkylation sites (tertiary alicyclic amines) is 1. The number of methoxy groups -OCH3 is 1. The number of aromatic amines is 1. The topological polar surface area (TPSA) is 158 Å². The maximum absolute atomic E-state index is 12.8. The third kappa shape index (κ3) is 8.93. The van der Waals surface area contributed by atoms with E-state index < -0.39 is 0 Å². The molecule has 4 rings (SSSR count). The van der Waals surface area contributed by atoms with E-state index in [-0.39, 0.29) is 35.8 Å². The minimum atomic E-state index is -0.306. The number of imidazole rings is 1. The summed E-state index contributed by atoms with van der Waals surface area (Å²) < 4.78 is 17.8. The minimum absolute atomic E-state index is 0.0427. The third-order valence-corrected chi connectivity index (χ3v) is 7.78. The quantitative estimate of drug-likeness (QED) is 0.197. The van der Waals surface area contributed by atoms with Gasteiger partial charge in [0.2, 0.25) is 5.91 Å². The summed E-state index contributed by atoms with van der Waals surface area (Å²) in [5.74, 6) is 1.02. The number of nitrogens with zero attached hydrogens (tertiary/aromatic N) is 5. The molecular weight excluding hydrogens is 554 g/mol. The molecule has 234 valence electrons. The predicted molar refractivity (Wildman–Crippen MR) is 162 cm³/mol. The lowest BCUT2D eigenvalue weighted by atomic mass is 9.93. The zero-order valence-electron chi connectivity index (χ0n) is 25.3. The largest absolute Gasteiger partial charge is 0.492 e. The number of anilines is 1. The summed E-state index contributed by atoms with van der Waals surface area (Å²) in [6, 6.07) is 7.49. The molecule has 13 heteroatoms. The van der Waals surface area contributed by atoms with Crippen LogP contribution in [-0.2, 0) is 27.3 Å². The number of hydrogen-bond acceptors (Lipinski definition) is 10. The number of H-pyrrole nitrogens is 1. The summed E-state index contributed by atoms with van der Waals surface area (Å²) in [6.07, 6.45) is 4.77. The maximum atomic E-state index is 12.8. The van der Waals surface area contributed by atoms with E-state index in [4.69, 9.17) is 19.9 Å². The molecule has 43 heavy (non-hydrogen) atoms. The molecule has 1 aliphatic rings. The number of hydrogen-bond donors (Lipinski definition) is 2. The van der Waals surface area contributed by atoms with E-state index in [1.54, 1.807) is 22.6 Å². The monoisotopic (exact) mass is 597 g/mol. The number of carbonyl (C=O) groups is 2. The van der Waals surface area contributed by atoms with E-state index in [2.05, 4.69) is 26.8 Å². The Balaban J connectivity index is 1.19. The van der Waals surface area contributed by atoms with Crippen molar-refractivity contribution in [1.29, 1.82) is 0 Å². The number of nitrogen functional groups attached to an aromatic ring is 1. The zero-order valence-corrected chi connectivity index (χ0v) is 25.3. The lowest BCUT2D eigenvalue weighted by molar-refractivity contribution is -0.139. The van der Waals surface area contributed by atoms with Gasteiger partial charge in [-0.25, -0.2) is 4.79 Å². The first-order chi connectivity index (χ1) is 20.8. The fourth-order valence-corrected chi connectivity index (χ4v) is 5.08. The van der Waals surface area contributed by atoms with Crippen molar-refractivity contribution in [2.45, 2.75) is 52.0 Å². The predicted octanol–water partition coefficient (Wildman–Crippen LogP) is 2.24. The fraction of sp³-hybridized carbons (Fsp3) is 0.567. The highest BCUT2D eigenvalue weighted by Crippen LogP contribution is 2.23. The van der Waals surface area contributed by atoms with Crippen molar-refractivity contribution in [3.05, 3.63) is 40.3 Å². The lowest BCUT2D eigenvalue weighted by Gasteiger charge is -2.32. The van der Waals surface area contributed by atoms with E-state index in [0.717, 1.165) is 50.8 Å². The van der Waals surface area contributed by atoms with Crippen LogP contribution in [0.2, 0.25) is 0 Å². The molecule has 1 saturated heterocycles. The third-order valence-electron chi connectivity index (χ3n) is 7.78. The number of rotatable bonds is 15. The van der Waals surface area contributed by atoms with Crippen LogP contribution in [0.5, 0.6) is 11.8 Å². The standard InChI is InChI=1S/C30H43N7O6/c1-4-5-16-43-29-33-27(31)26-28(34-29)37(30(40)32-26)14-11-21-9-12-36(13-10-21)20-24(38)35(2)15-17-42-23-8-6-7-22(18-23)19-25(39)41-3/h6-8,18,21H,4-5,9-17,19-20H2,1-3H3,(H,32,40)(H2,31,33,34). The van der Waals surface area contributed by atoms with Gasteiger partial charge in [0.15, 0.2) is 11.5 Å². The van der Waals surface area contributed by atoms with Crippen molar-refractivity contribution in [3.8, 4) is 11.8 Å². The Morgan fingerprint density at radius 1 is 1.16 bits per heavy atom. The molecule has 1 fully saturated rings. The number of amides is 1. The summed E-state index contributed by atoms with van der Waals surface area (Å²) >= 11 is 0. The van der Waals surface area contributed by atoms with Crippen LogP contribution in [0, 0.1) is 5.92 Å².